The van der Waals surface area contributed by atoms with Crippen LogP contribution in [0.2, 0.25) is 0 Å². The van der Waals surface area contributed by atoms with E-state index in [0.29, 0.717) is 5.56 Å². The predicted octanol–water partition coefficient (Wildman–Crippen LogP) is 2.85. The van der Waals surface area contributed by atoms with Gasteiger partial charge in [-0.1, -0.05) is 25.5 Å². The number of rotatable bonds is 6. The number of non-ortho nitro benzene ring substituents is 1. The zero-order valence-corrected chi connectivity index (χ0v) is 11.0. The standard InChI is InChI=1S/C14H14N2O4/c1-2-3-7-20-14(17)12(10-15)8-11-5-4-6-13(9-11)16(18)19/h4-6,8-9H,2-3,7H2,1H3/b12-8-. The Hall–Kier alpha value is -2.68. The van der Waals surface area contributed by atoms with Crippen LogP contribution in [-0.2, 0) is 9.53 Å². The highest BCUT2D eigenvalue weighted by Crippen LogP contribution is 2.16. The molecule has 0 aliphatic heterocycles. The number of carbonyl (C=O) groups is 1. The van der Waals surface area contributed by atoms with Crippen molar-refractivity contribution < 1.29 is 14.5 Å². The van der Waals surface area contributed by atoms with Crippen LogP contribution in [0.1, 0.15) is 25.3 Å². The fourth-order valence-electron chi connectivity index (χ4n) is 1.42. The molecule has 0 amide bonds. The van der Waals surface area contributed by atoms with E-state index >= 15 is 0 Å². The summed E-state index contributed by atoms with van der Waals surface area (Å²) >= 11 is 0. The van der Waals surface area contributed by atoms with E-state index in [-0.39, 0.29) is 17.9 Å². The first-order chi connectivity index (χ1) is 9.58. The minimum absolute atomic E-state index is 0.101. The van der Waals surface area contributed by atoms with E-state index in [9.17, 15) is 14.9 Å². The smallest absolute Gasteiger partial charge is 0.348 e. The van der Waals surface area contributed by atoms with Gasteiger partial charge in [0.25, 0.3) is 5.69 Å². The van der Waals surface area contributed by atoms with Crippen molar-refractivity contribution in [3.63, 3.8) is 0 Å². The topological polar surface area (TPSA) is 93.2 Å². The molecule has 6 nitrogen and oxygen atoms in total. The first-order valence-corrected chi connectivity index (χ1v) is 6.12. The molecule has 104 valence electrons. The van der Waals surface area contributed by atoms with Crippen LogP contribution in [0.25, 0.3) is 6.08 Å². The van der Waals surface area contributed by atoms with Gasteiger partial charge in [-0.25, -0.2) is 4.79 Å². The molecule has 0 aliphatic carbocycles. The van der Waals surface area contributed by atoms with Crippen LogP contribution in [0.4, 0.5) is 5.69 Å². The Balaban J connectivity index is 2.89. The van der Waals surface area contributed by atoms with Crippen molar-refractivity contribution >= 4 is 17.7 Å². The molecular weight excluding hydrogens is 260 g/mol. The van der Waals surface area contributed by atoms with Gasteiger partial charge in [-0.15, -0.1) is 0 Å². The molecule has 0 aromatic heterocycles. The van der Waals surface area contributed by atoms with Gasteiger partial charge in [0, 0.05) is 12.1 Å². The average molecular weight is 274 g/mol. The molecule has 0 saturated carbocycles. The van der Waals surface area contributed by atoms with Crippen molar-refractivity contribution in [1.29, 1.82) is 5.26 Å². The molecule has 1 rings (SSSR count). The number of esters is 1. The fourth-order valence-corrected chi connectivity index (χ4v) is 1.42. The van der Waals surface area contributed by atoms with Gasteiger partial charge in [0.2, 0.25) is 0 Å². The summed E-state index contributed by atoms with van der Waals surface area (Å²) in [6.45, 7) is 2.21. The number of hydrogen-bond donors (Lipinski definition) is 0. The summed E-state index contributed by atoms with van der Waals surface area (Å²) in [6.07, 6.45) is 2.88. The van der Waals surface area contributed by atoms with Crippen molar-refractivity contribution in [1.82, 2.24) is 0 Å². The summed E-state index contributed by atoms with van der Waals surface area (Å²) in [7, 11) is 0. The lowest BCUT2D eigenvalue weighted by molar-refractivity contribution is -0.384. The SMILES string of the molecule is CCCCOC(=O)/C(C#N)=C\c1cccc([N+](=O)[O-])c1. The molecule has 0 N–H and O–H groups in total. The van der Waals surface area contributed by atoms with Crippen molar-refractivity contribution in [2.45, 2.75) is 19.8 Å². The number of carbonyl (C=O) groups excluding carboxylic acids is 1. The van der Waals surface area contributed by atoms with Crippen LogP contribution in [0, 0.1) is 21.4 Å². The summed E-state index contributed by atoms with van der Waals surface area (Å²) in [5.41, 5.74) is 0.125. The largest absolute Gasteiger partial charge is 0.462 e. The van der Waals surface area contributed by atoms with Crippen LogP contribution in [0.15, 0.2) is 29.8 Å². The molecule has 0 bridgehead atoms. The number of hydrogen-bond acceptors (Lipinski definition) is 5. The summed E-state index contributed by atoms with van der Waals surface area (Å²) in [5, 5.41) is 19.6. The third-order valence-corrected chi connectivity index (χ3v) is 2.46. The van der Waals surface area contributed by atoms with E-state index < -0.39 is 10.9 Å². The summed E-state index contributed by atoms with van der Waals surface area (Å²) in [6, 6.07) is 7.43. The number of nitrogens with zero attached hydrogens (tertiary/aromatic N) is 2. The minimum Gasteiger partial charge on any atom is -0.462 e. The Kier molecular flexibility index (Phi) is 5.91. The van der Waals surface area contributed by atoms with Crippen molar-refractivity contribution in [3.05, 3.63) is 45.5 Å². The van der Waals surface area contributed by atoms with E-state index in [2.05, 4.69) is 0 Å². The van der Waals surface area contributed by atoms with Crippen molar-refractivity contribution in [3.8, 4) is 6.07 Å². The van der Waals surface area contributed by atoms with Crippen molar-refractivity contribution in [2.75, 3.05) is 6.61 Å². The minimum atomic E-state index is -0.715. The van der Waals surface area contributed by atoms with Crippen LogP contribution in [0.3, 0.4) is 0 Å². The first kappa shape index (κ1) is 15.4. The molecule has 0 heterocycles. The van der Waals surface area contributed by atoms with Crippen LogP contribution in [0.5, 0.6) is 0 Å². The van der Waals surface area contributed by atoms with Gasteiger partial charge < -0.3 is 4.74 Å². The molecule has 20 heavy (non-hydrogen) atoms. The summed E-state index contributed by atoms with van der Waals surface area (Å²) < 4.78 is 4.92. The lowest BCUT2D eigenvalue weighted by Gasteiger charge is -2.02. The third-order valence-electron chi connectivity index (χ3n) is 2.46. The Morgan fingerprint density at radius 1 is 1.55 bits per heavy atom. The molecule has 0 atom stereocenters. The fraction of sp³-hybridized carbons (Fsp3) is 0.286. The number of unbranched alkanes of at least 4 members (excludes halogenated alkanes) is 1. The van der Waals surface area contributed by atoms with Crippen LogP contribution < -0.4 is 0 Å². The quantitative estimate of drug-likeness (QED) is 0.198. The lowest BCUT2D eigenvalue weighted by atomic mass is 10.1. The maximum absolute atomic E-state index is 11.6. The van der Waals surface area contributed by atoms with Gasteiger partial charge in [0.05, 0.1) is 11.5 Å². The number of benzene rings is 1. The molecule has 0 fully saturated rings. The second-order valence-electron chi connectivity index (χ2n) is 4.01. The Bertz CT molecular complexity index is 573. The highest BCUT2D eigenvalue weighted by molar-refractivity contribution is 5.97. The van der Waals surface area contributed by atoms with E-state index in [1.165, 1.54) is 24.3 Å². The zero-order chi connectivity index (χ0) is 15.0. The van der Waals surface area contributed by atoms with Gasteiger partial charge in [-0.2, -0.15) is 5.26 Å². The maximum Gasteiger partial charge on any atom is 0.348 e. The Labute approximate surface area is 116 Å². The number of ether oxygens (including phenoxy) is 1. The number of nitro groups is 1. The van der Waals surface area contributed by atoms with E-state index in [0.717, 1.165) is 12.8 Å². The normalized spacial score (nSPS) is 10.7. The second kappa shape index (κ2) is 7.69. The molecule has 6 heteroatoms. The molecule has 0 aliphatic rings. The van der Waals surface area contributed by atoms with Gasteiger partial charge in [-0.05, 0) is 18.1 Å². The Morgan fingerprint density at radius 2 is 2.30 bits per heavy atom. The van der Waals surface area contributed by atoms with E-state index in [1.54, 1.807) is 12.1 Å². The molecule has 1 aromatic carbocycles. The van der Waals surface area contributed by atoms with Gasteiger partial charge in [0.1, 0.15) is 11.6 Å². The highest BCUT2D eigenvalue weighted by Gasteiger charge is 2.11. The zero-order valence-electron chi connectivity index (χ0n) is 11.0. The summed E-state index contributed by atoms with van der Waals surface area (Å²) in [5.74, 6) is -0.715. The van der Waals surface area contributed by atoms with Gasteiger partial charge in [0.15, 0.2) is 0 Å². The average Bonchev–Trinajstić information content (AvgIpc) is 2.45. The number of nitriles is 1. The molecular formula is C14H14N2O4. The molecule has 0 saturated heterocycles. The monoisotopic (exact) mass is 274 g/mol. The first-order valence-electron chi connectivity index (χ1n) is 6.12. The second-order valence-corrected chi connectivity index (χ2v) is 4.01. The number of nitro benzene ring substituents is 1. The highest BCUT2D eigenvalue weighted by atomic mass is 16.6. The van der Waals surface area contributed by atoms with Crippen LogP contribution in [-0.4, -0.2) is 17.5 Å². The Morgan fingerprint density at radius 3 is 2.90 bits per heavy atom. The lowest BCUT2D eigenvalue weighted by Crippen LogP contribution is -2.07. The van der Waals surface area contributed by atoms with E-state index in [1.807, 2.05) is 6.92 Å². The summed E-state index contributed by atoms with van der Waals surface area (Å²) in [4.78, 5) is 21.7. The molecule has 0 unspecified atom stereocenters. The van der Waals surface area contributed by atoms with Crippen LogP contribution >= 0.6 is 0 Å². The molecule has 0 spiro atoms. The van der Waals surface area contributed by atoms with Crippen molar-refractivity contribution in [2.24, 2.45) is 0 Å². The maximum atomic E-state index is 11.6. The van der Waals surface area contributed by atoms with Gasteiger partial charge in [-0.3, -0.25) is 10.1 Å². The van der Waals surface area contributed by atoms with E-state index in [4.69, 9.17) is 10.00 Å². The molecule has 0 radical (unpaired) electrons. The molecule has 1 aromatic rings. The predicted molar refractivity (Wildman–Crippen MR) is 72.6 cm³/mol. The third kappa shape index (κ3) is 4.53. The van der Waals surface area contributed by atoms with Gasteiger partial charge >= 0.3 is 5.97 Å².